The van der Waals surface area contributed by atoms with Crippen molar-refractivity contribution in [2.75, 3.05) is 14.2 Å². The van der Waals surface area contributed by atoms with Crippen molar-refractivity contribution < 1.29 is 23.9 Å². The summed E-state index contributed by atoms with van der Waals surface area (Å²) in [4.78, 5) is 37.3. The van der Waals surface area contributed by atoms with Gasteiger partial charge in [-0.1, -0.05) is 93.8 Å². The zero-order chi connectivity index (χ0) is 26.4. The SMILES string of the molecule is C.COC(=O)C(C)(CCCCCC(=O)CCCCCC(C)(C(=O)OC)c1ccccc1)c1ccccc1. The van der Waals surface area contributed by atoms with E-state index in [1.165, 1.54) is 14.2 Å². The van der Waals surface area contributed by atoms with Crippen molar-refractivity contribution in [1.29, 1.82) is 0 Å². The van der Waals surface area contributed by atoms with Crippen LogP contribution in [-0.4, -0.2) is 31.9 Å². The predicted octanol–water partition coefficient (Wildman–Crippen LogP) is 7.35. The van der Waals surface area contributed by atoms with Crippen LogP contribution in [-0.2, 0) is 34.7 Å². The molecular weight excluding hydrogens is 464 g/mol. The molecule has 0 saturated carbocycles. The van der Waals surface area contributed by atoms with E-state index in [1.54, 1.807) is 0 Å². The Morgan fingerprint density at radius 1 is 0.595 bits per heavy atom. The van der Waals surface area contributed by atoms with Crippen molar-refractivity contribution in [2.45, 2.75) is 96.3 Å². The van der Waals surface area contributed by atoms with Gasteiger partial charge in [-0.25, -0.2) is 0 Å². The number of Topliss-reactive ketones (excluding diaryl/α,β-unsaturated/α-hetero) is 1. The molecule has 0 bridgehead atoms. The lowest BCUT2D eigenvalue weighted by atomic mass is 9.78. The first-order valence-corrected chi connectivity index (χ1v) is 13.1. The third-order valence-electron chi connectivity index (χ3n) is 7.36. The highest BCUT2D eigenvalue weighted by atomic mass is 16.5. The molecule has 0 aliphatic carbocycles. The number of unbranched alkanes of at least 4 members (excludes halogenated alkanes) is 4. The lowest BCUT2D eigenvalue weighted by Crippen LogP contribution is -2.33. The van der Waals surface area contributed by atoms with E-state index in [4.69, 9.17) is 9.47 Å². The largest absolute Gasteiger partial charge is 0.468 e. The molecule has 0 fully saturated rings. The molecule has 2 unspecified atom stereocenters. The van der Waals surface area contributed by atoms with Gasteiger partial charge in [0, 0.05) is 12.8 Å². The zero-order valence-corrected chi connectivity index (χ0v) is 22.4. The minimum absolute atomic E-state index is 0. The van der Waals surface area contributed by atoms with Crippen LogP contribution in [0.4, 0.5) is 0 Å². The van der Waals surface area contributed by atoms with Crippen LogP contribution in [0.3, 0.4) is 0 Å². The molecule has 0 aliphatic heterocycles. The van der Waals surface area contributed by atoms with Gasteiger partial charge in [-0.3, -0.25) is 14.4 Å². The maximum atomic E-state index is 12.5. The second kappa shape index (κ2) is 16.0. The molecule has 2 aromatic rings. The molecule has 2 atom stereocenters. The van der Waals surface area contributed by atoms with Gasteiger partial charge in [0.2, 0.25) is 0 Å². The minimum Gasteiger partial charge on any atom is -0.468 e. The van der Waals surface area contributed by atoms with Crippen molar-refractivity contribution in [3.8, 4) is 0 Å². The Morgan fingerprint density at radius 2 is 0.946 bits per heavy atom. The van der Waals surface area contributed by atoms with Gasteiger partial charge in [0.15, 0.2) is 0 Å². The van der Waals surface area contributed by atoms with Gasteiger partial charge >= 0.3 is 11.9 Å². The molecule has 5 nitrogen and oxygen atoms in total. The lowest BCUT2D eigenvalue weighted by Gasteiger charge is -2.27. The third kappa shape index (κ3) is 9.14. The van der Waals surface area contributed by atoms with Crippen LogP contribution in [0.5, 0.6) is 0 Å². The number of methoxy groups -OCH3 is 2. The topological polar surface area (TPSA) is 69.7 Å². The van der Waals surface area contributed by atoms with Crippen LogP contribution in [0.1, 0.15) is 96.6 Å². The fraction of sp³-hybridized carbons (Fsp3) is 0.531. The number of hydrogen-bond acceptors (Lipinski definition) is 5. The van der Waals surface area contributed by atoms with Crippen LogP contribution in [0.15, 0.2) is 60.7 Å². The van der Waals surface area contributed by atoms with E-state index in [9.17, 15) is 14.4 Å². The van der Waals surface area contributed by atoms with Crippen LogP contribution in [0.2, 0.25) is 0 Å². The Balaban J connectivity index is 0.00000684. The third-order valence-corrected chi connectivity index (χ3v) is 7.36. The summed E-state index contributed by atoms with van der Waals surface area (Å²) in [6.45, 7) is 3.87. The van der Waals surface area contributed by atoms with Crippen LogP contribution < -0.4 is 0 Å². The van der Waals surface area contributed by atoms with Crippen molar-refractivity contribution in [1.82, 2.24) is 0 Å². The van der Waals surface area contributed by atoms with Crippen molar-refractivity contribution in [3.05, 3.63) is 71.8 Å². The zero-order valence-electron chi connectivity index (χ0n) is 22.4. The number of carbonyl (C=O) groups is 3. The van der Waals surface area contributed by atoms with Crippen LogP contribution in [0.25, 0.3) is 0 Å². The number of carbonyl (C=O) groups excluding carboxylic acids is 3. The van der Waals surface area contributed by atoms with Crippen molar-refractivity contribution in [2.24, 2.45) is 0 Å². The van der Waals surface area contributed by atoms with Crippen molar-refractivity contribution in [3.63, 3.8) is 0 Å². The highest BCUT2D eigenvalue weighted by Gasteiger charge is 2.36. The van der Waals surface area contributed by atoms with Gasteiger partial charge in [0.25, 0.3) is 0 Å². The standard InChI is InChI=1S/C31H42O5.CH4/c1-30(28(33)35-3,25-17-9-5-10-18-25)23-15-7-13-21-27(32)22-14-8-16-24-31(2,29(34)36-4)26-19-11-6-12-20-26;/h5-6,9-12,17-20H,7-8,13-16,21-24H2,1-4H3;1H4. The maximum Gasteiger partial charge on any atom is 0.315 e. The van der Waals surface area contributed by atoms with Crippen molar-refractivity contribution >= 4 is 17.7 Å². The van der Waals surface area contributed by atoms with Gasteiger partial charge < -0.3 is 9.47 Å². The molecule has 37 heavy (non-hydrogen) atoms. The summed E-state index contributed by atoms with van der Waals surface area (Å²) in [7, 11) is 2.86. The number of ether oxygens (including phenoxy) is 2. The van der Waals surface area contributed by atoms with E-state index in [0.717, 1.165) is 49.7 Å². The van der Waals surface area contributed by atoms with Crippen LogP contribution in [0, 0.1) is 0 Å². The molecule has 0 amide bonds. The Labute approximate surface area is 224 Å². The van der Waals surface area contributed by atoms with Gasteiger partial charge in [-0.05, 0) is 50.7 Å². The second-order valence-corrected chi connectivity index (χ2v) is 10.0. The van der Waals surface area contributed by atoms with E-state index in [2.05, 4.69) is 0 Å². The van der Waals surface area contributed by atoms with Gasteiger partial charge in [0.05, 0.1) is 25.0 Å². The number of esters is 2. The van der Waals surface area contributed by atoms with Crippen LogP contribution >= 0.6 is 0 Å². The molecule has 0 aliphatic rings. The summed E-state index contributed by atoms with van der Waals surface area (Å²) in [5.41, 5.74) is 0.587. The number of hydrogen-bond donors (Lipinski definition) is 0. The summed E-state index contributed by atoms with van der Waals surface area (Å²) < 4.78 is 10.2. The Bertz CT molecular complexity index is 878. The average molecular weight is 511 g/mol. The van der Waals surface area contributed by atoms with Gasteiger partial charge in [-0.15, -0.1) is 0 Å². The average Bonchev–Trinajstić information content (AvgIpc) is 2.92. The highest BCUT2D eigenvalue weighted by Crippen LogP contribution is 2.32. The summed E-state index contributed by atoms with van der Waals surface area (Å²) in [6, 6.07) is 19.5. The predicted molar refractivity (Wildman–Crippen MR) is 150 cm³/mol. The van der Waals surface area contributed by atoms with E-state index in [-0.39, 0.29) is 25.1 Å². The first-order valence-electron chi connectivity index (χ1n) is 13.1. The van der Waals surface area contributed by atoms with E-state index in [1.807, 2.05) is 74.5 Å². The molecule has 204 valence electrons. The molecule has 2 rings (SSSR count). The second-order valence-electron chi connectivity index (χ2n) is 10.0. The first-order chi connectivity index (χ1) is 17.3. The molecule has 5 heteroatoms. The number of ketones is 1. The van der Waals surface area contributed by atoms with E-state index in [0.29, 0.717) is 25.7 Å². The number of rotatable bonds is 16. The quantitative estimate of drug-likeness (QED) is 0.174. The summed E-state index contributed by atoms with van der Waals surface area (Å²) in [6.07, 6.45) is 7.72. The summed E-state index contributed by atoms with van der Waals surface area (Å²) >= 11 is 0. The van der Waals surface area contributed by atoms with E-state index >= 15 is 0 Å². The first kappa shape index (κ1) is 32.1. The maximum absolute atomic E-state index is 12.5. The number of benzene rings is 2. The fourth-order valence-electron chi connectivity index (χ4n) is 4.87. The molecule has 0 spiro atoms. The molecule has 0 radical (unpaired) electrons. The Morgan fingerprint density at radius 3 is 1.27 bits per heavy atom. The van der Waals surface area contributed by atoms with Gasteiger partial charge in [-0.2, -0.15) is 0 Å². The Kier molecular flexibility index (Phi) is 13.9. The molecular formula is C32H46O5. The fourth-order valence-corrected chi connectivity index (χ4v) is 4.87. The molecule has 0 N–H and O–H groups in total. The van der Waals surface area contributed by atoms with Gasteiger partial charge in [0.1, 0.15) is 5.78 Å². The molecule has 0 heterocycles. The summed E-state index contributed by atoms with van der Waals surface area (Å²) in [5, 5.41) is 0. The monoisotopic (exact) mass is 510 g/mol. The summed E-state index contributed by atoms with van der Waals surface area (Å²) in [5.74, 6) is -0.159. The minimum atomic E-state index is -0.668. The Hall–Kier alpha value is -2.95. The molecule has 2 aromatic carbocycles. The molecule has 0 aromatic heterocycles. The lowest BCUT2D eigenvalue weighted by molar-refractivity contribution is -0.148. The smallest absolute Gasteiger partial charge is 0.315 e. The van der Waals surface area contributed by atoms with E-state index < -0.39 is 10.8 Å². The highest BCUT2D eigenvalue weighted by molar-refractivity contribution is 5.83. The normalized spacial score (nSPS) is 13.9. The molecule has 0 saturated heterocycles.